The molecule has 5 rings (SSSR count). The molecule has 0 N–H and O–H groups in total. The maximum atomic E-state index is 12.3. The molecule has 2 fully saturated rings. The molecule has 2 heterocycles. The standard InChI is InChI=1S/C30H32N4O5/c35-28-12-7-13-29(36)33(28)25-14-15-26(27(22-25)34(37)38)32-18-16-31(17-19-32)20-21-39-30(23-8-3-1-4-9-23)24-10-5-2-6-11-24/h1-6,8-11,14-15,22,30H,7,12-13,16-21H2. The van der Waals surface area contributed by atoms with E-state index in [9.17, 15) is 19.7 Å². The molecule has 3 aromatic rings. The number of piperidine rings is 1. The van der Waals surface area contributed by atoms with Crippen LogP contribution in [0.3, 0.4) is 0 Å². The van der Waals surface area contributed by atoms with Crippen LogP contribution in [0.1, 0.15) is 36.5 Å². The molecule has 0 saturated carbocycles. The van der Waals surface area contributed by atoms with Gasteiger partial charge in [-0.05, 0) is 29.7 Å². The summed E-state index contributed by atoms with van der Waals surface area (Å²) in [4.78, 5) is 41.5. The van der Waals surface area contributed by atoms with Gasteiger partial charge in [0.15, 0.2) is 0 Å². The van der Waals surface area contributed by atoms with E-state index in [1.807, 2.05) is 41.3 Å². The molecule has 2 amide bonds. The Bertz CT molecular complexity index is 1250. The molecule has 0 bridgehead atoms. The van der Waals surface area contributed by atoms with Gasteiger partial charge in [0, 0.05) is 51.6 Å². The number of hydrogen-bond donors (Lipinski definition) is 0. The average molecular weight is 529 g/mol. The number of rotatable bonds is 9. The smallest absolute Gasteiger partial charge is 0.294 e. The summed E-state index contributed by atoms with van der Waals surface area (Å²) >= 11 is 0. The van der Waals surface area contributed by atoms with E-state index in [4.69, 9.17) is 4.74 Å². The summed E-state index contributed by atoms with van der Waals surface area (Å²) in [6.07, 6.45) is 0.908. The van der Waals surface area contributed by atoms with Gasteiger partial charge in [-0.25, -0.2) is 0 Å². The van der Waals surface area contributed by atoms with Crippen molar-refractivity contribution in [2.75, 3.05) is 49.1 Å². The lowest BCUT2D eigenvalue weighted by atomic mass is 10.0. The zero-order chi connectivity index (χ0) is 27.2. The number of nitrogens with zero attached hydrogens (tertiary/aromatic N) is 4. The number of nitro groups is 1. The first-order valence-electron chi connectivity index (χ1n) is 13.3. The van der Waals surface area contributed by atoms with E-state index in [1.165, 1.54) is 6.07 Å². The molecular formula is C30H32N4O5. The molecule has 9 heteroatoms. The zero-order valence-corrected chi connectivity index (χ0v) is 21.8. The van der Waals surface area contributed by atoms with E-state index in [0.717, 1.165) is 35.7 Å². The normalized spacial score (nSPS) is 16.6. The number of imide groups is 1. The SMILES string of the molecule is O=C1CCCC(=O)N1c1ccc(N2CCN(CCOC(c3ccccc3)c3ccccc3)CC2)c([N+](=O)[O-])c1. The van der Waals surface area contributed by atoms with Crippen molar-refractivity contribution in [3.8, 4) is 0 Å². The number of benzene rings is 3. The van der Waals surface area contributed by atoms with E-state index in [1.54, 1.807) is 12.1 Å². The molecule has 0 atom stereocenters. The zero-order valence-electron chi connectivity index (χ0n) is 21.8. The van der Waals surface area contributed by atoms with Crippen LogP contribution in [0.2, 0.25) is 0 Å². The highest BCUT2D eigenvalue weighted by Gasteiger charge is 2.31. The fourth-order valence-electron chi connectivity index (χ4n) is 5.26. The molecule has 2 aliphatic heterocycles. The van der Waals surface area contributed by atoms with Crippen LogP contribution in [-0.2, 0) is 14.3 Å². The molecule has 2 saturated heterocycles. The van der Waals surface area contributed by atoms with Crippen molar-refractivity contribution in [3.05, 3.63) is 100 Å². The van der Waals surface area contributed by atoms with Crippen LogP contribution in [0, 0.1) is 10.1 Å². The van der Waals surface area contributed by atoms with Gasteiger partial charge in [-0.15, -0.1) is 0 Å². The third kappa shape index (κ3) is 6.16. The second kappa shape index (κ2) is 12.2. The minimum Gasteiger partial charge on any atom is -0.367 e. The van der Waals surface area contributed by atoms with Gasteiger partial charge >= 0.3 is 0 Å². The van der Waals surface area contributed by atoms with Crippen molar-refractivity contribution in [3.63, 3.8) is 0 Å². The highest BCUT2D eigenvalue weighted by Crippen LogP contribution is 2.34. The van der Waals surface area contributed by atoms with Crippen LogP contribution in [-0.4, -0.2) is 61.0 Å². The Balaban J connectivity index is 1.20. The minimum atomic E-state index is -0.439. The highest BCUT2D eigenvalue weighted by atomic mass is 16.6. The highest BCUT2D eigenvalue weighted by molar-refractivity contribution is 6.16. The summed E-state index contributed by atoms with van der Waals surface area (Å²) in [6, 6.07) is 25.0. The van der Waals surface area contributed by atoms with Crippen LogP contribution >= 0.6 is 0 Å². The lowest BCUT2D eigenvalue weighted by Gasteiger charge is -2.36. The molecule has 202 valence electrons. The van der Waals surface area contributed by atoms with Crippen LogP contribution < -0.4 is 9.80 Å². The molecule has 0 unspecified atom stereocenters. The summed E-state index contributed by atoms with van der Waals surface area (Å²) in [7, 11) is 0. The van der Waals surface area contributed by atoms with Crippen LogP contribution in [0.5, 0.6) is 0 Å². The molecule has 2 aliphatic rings. The van der Waals surface area contributed by atoms with Crippen molar-refractivity contribution in [1.82, 2.24) is 4.90 Å². The largest absolute Gasteiger partial charge is 0.367 e. The Morgan fingerprint density at radius 2 is 1.41 bits per heavy atom. The predicted molar refractivity (Wildman–Crippen MR) is 149 cm³/mol. The van der Waals surface area contributed by atoms with E-state index in [2.05, 4.69) is 29.2 Å². The Kier molecular flexibility index (Phi) is 8.29. The summed E-state index contributed by atoms with van der Waals surface area (Å²) in [5.74, 6) is -0.628. The van der Waals surface area contributed by atoms with E-state index in [0.29, 0.717) is 31.8 Å². The van der Waals surface area contributed by atoms with Gasteiger partial charge < -0.3 is 9.64 Å². The number of hydrogen-bond acceptors (Lipinski definition) is 7. The average Bonchev–Trinajstić information content (AvgIpc) is 2.96. The second-order valence-electron chi connectivity index (χ2n) is 9.81. The number of carbonyl (C=O) groups excluding carboxylic acids is 2. The quantitative estimate of drug-likeness (QED) is 0.228. The first-order valence-corrected chi connectivity index (χ1v) is 13.3. The number of piperazine rings is 1. The molecule has 39 heavy (non-hydrogen) atoms. The van der Waals surface area contributed by atoms with Crippen LogP contribution in [0.4, 0.5) is 17.1 Å². The first kappa shape index (κ1) is 26.5. The van der Waals surface area contributed by atoms with Gasteiger partial charge in [-0.3, -0.25) is 29.5 Å². The second-order valence-corrected chi connectivity index (χ2v) is 9.81. The Labute approximate surface area is 227 Å². The molecule has 0 aromatic heterocycles. The monoisotopic (exact) mass is 528 g/mol. The molecule has 0 aliphatic carbocycles. The number of carbonyl (C=O) groups is 2. The summed E-state index contributed by atoms with van der Waals surface area (Å²) in [6.45, 7) is 4.05. The Hall–Kier alpha value is -4.08. The van der Waals surface area contributed by atoms with Crippen molar-refractivity contribution in [1.29, 1.82) is 0 Å². The minimum absolute atomic E-state index is 0.0935. The number of anilines is 2. The molecule has 0 radical (unpaired) electrons. The lowest BCUT2D eigenvalue weighted by Crippen LogP contribution is -2.47. The molecule has 0 spiro atoms. The third-order valence-electron chi connectivity index (χ3n) is 7.30. The van der Waals surface area contributed by atoms with Crippen molar-refractivity contribution in [2.24, 2.45) is 0 Å². The summed E-state index contributed by atoms with van der Waals surface area (Å²) < 4.78 is 6.36. The fraction of sp³-hybridized carbons (Fsp3) is 0.333. The summed E-state index contributed by atoms with van der Waals surface area (Å²) in [5.41, 5.74) is 2.89. The Morgan fingerprint density at radius 1 is 0.821 bits per heavy atom. The van der Waals surface area contributed by atoms with Gasteiger partial charge in [-0.1, -0.05) is 60.7 Å². The fourth-order valence-corrected chi connectivity index (χ4v) is 5.26. The number of nitro benzene ring substituents is 1. The van der Waals surface area contributed by atoms with Crippen molar-refractivity contribution >= 4 is 28.9 Å². The van der Waals surface area contributed by atoms with Crippen molar-refractivity contribution < 1.29 is 19.2 Å². The van der Waals surface area contributed by atoms with Crippen molar-refractivity contribution in [2.45, 2.75) is 25.4 Å². The van der Waals surface area contributed by atoms with Crippen LogP contribution in [0.25, 0.3) is 0 Å². The van der Waals surface area contributed by atoms with E-state index in [-0.39, 0.29) is 42.1 Å². The lowest BCUT2D eigenvalue weighted by molar-refractivity contribution is -0.384. The first-order chi connectivity index (χ1) is 19.0. The van der Waals surface area contributed by atoms with Gasteiger partial charge in [-0.2, -0.15) is 0 Å². The maximum Gasteiger partial charge on any atom is 0.294 e. The maximum absolute atomic E-state index is 12.3. The van der Waals surface area contributed by atoms with Gasteiger partial charge in [0.25, 0.3) is 5.69 Å². The van der Waals surface area contributed by atoms with Gasteiger partial charge in [0.05, 0.1) is 17.2 Å². The Morgan fingerprint density at radius 3 is 1.97 bits per heavy atom. The molecule has 3 aromatic carbocycles. The van der Waals surface area contributed by atoms with Gasteiger partial charge in [0.2, 0.25) is 11.8 Å². The van der Waals surface area contributed by atoms with Crippen LogP contribution in [0.15, 0.2) is 78.9 Å². The number of amides is 2. The number of ether oxygens (including phenoxy) is 1. The molecule has 9 nitrogen and oxygen atoms in total. The van der Waals surface area contributed by atoms with E-state index < -0.39 is 4.92 Å². The van der Waals surface area contributed by atoms with Gasteiger partial charge in [0.1, 0.15) is 11.8 Å². The molecular weight excluding hydrogens is 496 g/mol. The van der Waals surface area contributed by atoms with E-state index >= 15 is 0 Å². The predicted octanol–water partition coefficient (Wildman–Crippen LogP) is 4.57. The topological polar surface area (TPSA) is 96.2 Å². The third-order valence-corrected chi connectivity index (χ3v) is 7.30. The summed E-state index contributed by atoms with van der Waals surface area (Å²) in [5, 5.41) is 11.9.